The highest BCUT2D eigenvalue weighted by atomic mass is 16.1. The van der Waals surface area contributed by atoms with Gasteiger partial charge in [-0.1, -0.05) is 12.1 Å². The largest absolute Gasteiger partial charge is 0.299 e. The average Bonchev–Trinajstić information content (AvgIpc) is 3.10. The van der Waals surface area contributed by atoms with Gasteiger partial charge in [-0.3, -0.25) is 23.6 Å². The summed E-state index contributed by atoms with van der Waals surface area (Å²) < 4.78 is 3.23. The number of rotatable bonds is 3. The molecule has 1 atom stereocenters. The minimum absolute atomic E-state index is 0.0253. The smallest absolute Gasteiger partial charge is 0.261 e. The molecule has 1 unspecified atom stereocenters. The molecular formula is C19H21N5O2. The van der Waals surface area contributed by atoms with E-state index < -0.39 is 0 Å². The van der Waals surface area contributed by atoms with Crippen LogP contribution in [0.1, 0.15) is 30.5 Å². The average molecular weight is 351 g/mol. The van der Waals surface area contributed by atoms with E-state index in [-0.39, 0.29) is 17.2 Å². The molecule has 1 aromatic carbocycles. The number of benzene rings is 1. The van der Waals surface area contributed by atoms with Crippen LogP contribution in [0.3, 0.4) is 0 Å². The van der Waals surface area contributed by atoms with Crippen LogP contribution in [-0.4, -0.2) is 30.5 Å². The molecule has 0 radical (unpaired) electrons. The van der Waals surface area contributed by atoms with Crippen molar-refractivity contribution in [3.05, 3.63) is 68.9 Å². The third kappa shape index (κ3) is 2.74. The molecule has 0 N–H and O–H groups in total. The minimum Gasteiger partial charge on any atom is -0.299 e. The van der Waals surface area contributed by atoms with Crippen LogP contribution in [-0.2, 0) is 20.6 Å². The van der Waals surface area contributed by atoms with E-state index in [1.807, 2.05) is 24.3 Å². The molecule has 1 fully saturated rings. The number of hydrogen-bond donors (Lipinski definition) is 0. The second-order valence-electron chi connectivity index (χ2n) is 6.74. The quantitative estimate of drug-likeness (QED) is 0.712. The van der Waals surface area contributed by atoms with Crippen molar-refractivity contribution >= 4 is 10.9 Å². The molecule has 0 bridgehead atoms. The van der Waals surface area contributed by atoms with Gasteiger partial charge < -0.3 is 0 Å². The molecule has 1 aliphatic rings. The van der Waals surface area contributed by atoms with Crippen molar-refractivity contribution in [2.75, 3.05) is 6.54 Å². The van der Waals surface area contributed by atoms with Gasteiger partial charge in [0.15, 0.2) is 0 Å². The molecule has 3 heterocycles. The van der Waals surface area contributed by atoms with Crippen molar-refractivity contribution in [3.63, 3.8) is 0 Å². The van der Waals surface area contributed by atoms with E-state index >= 15 is 0 Å². The first kappa shape index (κ1) is 16.7. The van der Waals surface area contributed by atoms with Gasteiger partial charge in [-0.15, -0.1) is 0 Å². The van der Waals surface area contributed by atoms with E-state index in [1.165, 1.54) is 6.07 Å². The molecule has 7 nitrogen and oxygen atoms in total. The fourth-order valence-corrected chi connectivity index (χ4v) is 3.68. The van der Waals surface area contributed by atoms with Crippen molar-refractivity contribution in [1.29, 1.82) is 0 Å². The van der Waals surface area contributed by atoms with Gasteiger partial charge in [-0.05, 0) is 31.5 Å². The molecule has 1 saturated heterocycles. The Morgan fingerprint density at radius 1 is 1.12 bits per heavy atom. The summed E-state index contributed by atoms with van der Waals surface area (Å²) in [5.41, 5.74) is 0.632. The second kappa shape index (κ2) is 6.49. The lowest BCUT2D eigenvalue weighted by Gasteiger charge is -2.25. The monoisotopic (exact) mass is 351 g/mol. The number of nitrogens with zero attached hydrogens (tertiary/aromatic N) is 5. The highest BCUT2D eigenvalue weighted by Crippen LogP contribution is 2.31. The zero-order valence-corrected chi connectivity index (χ0v) is 14.9. The normalized spacial score (nSPS) is 17.8. The molecule has 1 aliphatic heterocycles. The molecular weight excluding hydrogens is 330 g/mol. The highest BCUT2D eigenvalue weighted by Gasteiger charge is 2.30. The number of fused-ring (bicyclic) bond motifs is 1. The van der Waals surface area contributed by atoms with Gasteiger partial charge in [0.1, 0.15) is 11.6 Å². The SMILES string of the molecule is Cn1c(CN2CCCC2c2nc3ccccc3c(=O)n2C)nccc1=O. The maximum absolute atomic E-state index is 12.7. The minimum atomic E-state index is -0.0676. The number of hydrogen-bond acceptors (Lipinski definition) is 5. The van der Waals surface area contributed by atoms with Gasteiger partial charge in [0.25, 0.3) is 11.1 Å². The summed E-state index contributed by atoms with van der Waals surface area (Å²) in [6.07, 6.45) is 3.50. The summed E-state index contributed by atoms with van der Waals surface area (Å²) in [5, 5.41) is 0.635. The van der Waals surface area contributed by atoms with Gasteiger partial charge in [0, 0.05) is 26.4 Å². The van der Waals surface area contributed by atoms with Crippen molar-refractivity contribution in [3.8, 4) is 0 Å². The predicted molar refractivity (Wildman–Crippen MR) is 98.8 cm³/mol. The van der Waals surface area contributed by atoms with Crippen molar-refractivity contribution < 1.29 is 0 Å². The summed E-state index contributed by atoms with van der Waals surface area (Å²) in [5.74, 6) is 1.49. The maximum atomic E-state index is 12.7. The maximum Gasteiger partial charge on any atom is 0.261 e. The second-order valence-corrected chi connectivity index (χ2v) is 6.74. The molecule has 3 aromatic rings. The van der Waals surface area contributed by atoms with E-state index in [4.69, 9.17) is 4.98 Å². The van der Waals surface area contributed by atoms with Crippen LogP contribution in [0.15, 0.2) is 46.1 Å². The zero-order valence-electron chi connectivity index (χ0n) is 14.9. The van der Waals surface area contributed by atoms with Crippen LogP contribution in [0, 0.1) is 0 Å². The predicted octanol–water partition coefficient (Wildman–Crippen LogP) is 1.36. The van der Waals surface area contributed by atoms with Gasteiger partial charge in [0.05, 0.1) is 23.5 Å². The topological polar surface area (TPSA) is 73.0 Å². The lowest BCUT2D eigenvalue weighted by Crippen LogP contribution is -2.32. The van der Waals surface area contributed by atoms with Crippen LogP contribution < -0.4 is 11.1 Å². The van der Waals surface area contributed by atoms with Gasteiger partial charge >= 0.3 is 0 Å². The molecule has 4 rings (SSSR count). The first-order valence-electron chi connectivity index (χ1n) is 8.77. The molecule has 0 aliphatic carbocycles. The van der Waals surface area contributed by atoms with Crippen LogP contribution >= 0.6 is 0 Å². The first-order chi connectivity index (χ1) is 12.6. The van der Waals surface area contributed by atoms with Crippen LogP contribution in [0.25, 0.3) is 10.9 Å². The number of para-hydroxylation sites is 1. The fraction of sp³-hybridized carbons (Fsp3) is 0.368. The third-order valence-electron chi connectivity index (χ3n) is 5.18. The molecule has 26 heavy (non-hydrogen) atoms. The third-order valence-corrected chi connectivity index (χ3v) is 5.18. The van der Waals surface area contributed by atoms with Crippen LogP contribution in [0.2, 0.25) is 0 Å². The summed E-state index contributed by atoms with van der Waals surface area (Å²) in [6, 6.07) is 8.93. The van der Waals surface area contributed by atoms with E-state index in [9.17, 15) is 9.59 Å². The lowest BCUT2D eigenvalue weighted by atomic mass is 10.1. The summed E-state index contributed by atoms with van der Waals surface area (Å²) in [6.45, 7) is 1.44. The standard InChI is InChI=1S/C19H21N5O2/c1-22-16(20-10-9-17(22)25)12-24-11-5-8-15(24)18-21-14-7-4-3-6-13(14)19(26)23(18)2/h3-4,6-7,9-10,15H,5,8,11-12H2,1-2H3. The summed E-state index contributed by atoms with van der Waals surface area (Å²) in [4.78, 5) is 36.0. The molecule has 0 saturated carbocycles. The summed E-state index contributed by atoms with van der Waals surface area (Å²) in [7, 11) is 3.52. The lowest BCUT2D eigenvalue weighted by molar-refractivity contribution is 0.226. The Labute approximate surface area is 150 Å². The fourth-order valence-electron chi connectivity index (χ4n) is 3.68. The molecule has 7 heteroatoms. The Hall–Kier alpha value is -2.80. The molecule has 134 valence electrons. The van der Waals surface area contributed by atoms with Crippen LogP contribution in [0.5, 0.6) is 0 Å². The zero-order chi connectivity index (χ0) is 18.3. The Kier molecular flexibility index (Phi) is 4.16. The van der Waals surface area contributed by atoms with E-state index in [0.29, 0.717) is 11.9 Å². The van der Waals surface area contributed by atoms with Gasteiger partial charge in [-0.2, -0.15) is 0 Å². The van der Waals surface area contributed by atoms with Crippen molar-refractivity contribution in [1.82, 2.24) is 24.0 Å². The van der Waals surface area contributed by atoms with E-state index in [1.54, 1.807) is 29.4 Å². The number of aromatic nitrogens is 4. The Bertz CT molecular complexity index is 1090. The first-order valence-corrected chi connectivity index (χ1v) is 8.77. The highest BCUT2D eigenvalue weighted by molar-refractivity contribution is 5.77. The molecule has 2 aromatic heterocycles. The van der Waals surface area contributed by atoms with Gasteiger partial charge in [-0.25, -0.2) is 9.97 Å². The van der Waals surface area contributed by atoms with Crippen molar-refractivity contribution in [2.24, 2.45) is 14.1 Å². The van der Waals surface area contributed by atoms with Gasteiger partial charge in [0.2, 0.25) is 0 Å². The van der Waals surface area contributed by atoms with Crippen LogP contribution in [0.4, 0.5) is 0 Å². The Morgan fingerprint density at radius 3 is 2.77 bits per heavy atom. The molecule has 0 spiro atoms. The number of likely N-dealkylation sites (tertiary alicyclic amines) is 1. The Balaban J connectivity index is 1.74. The van der Waals surface area contributed by atoms with Crippen molar-refractivity contribution in [2.45, 2.75) is 25.4 Å². The Morgan fingerprint density at radius 2 is 1.92 bits per heavy atom. The van der Waals surface area contributed by atoms with E-state index in [0.717, 1.165) is 36.6 Å². The summed E-state index contributed by atoms with van der Waals surface area (Å²) >= 11 is 0. The van der Waals surface area contributed by atoms with E-state index in [2.05, 4.69) is 9.88 Å². The molecule has 0 amide bonds.